The van der Waals surface area contributed by atoms with Crippen molar-refractivity contribution < 1.29 is 0 Å². The molecule has 3 nitrogen and oxygen atoms in total. The predicted molar refractivity (Wildman–Crippen MR) is 74.4 cm³/mol. The molecule has 0 aromatic carbocycles. The monoisotopic (exact) mass is 301 g/mol. The second-order valence-corrected chi connectivity index (χ2v) is 5.21. The largest absolute Gasteiger partial charge is 0.251 e. The first-order chi connectivity index (χ1) is 8.49. The van der Waals surface area contributed by atoms with Crippen molar-refractivity contribution in [1.82, 2.24) is 15.0 Å². The normalized spacial score (nSPS) is 11.0. The van der Waals surface area contributed by atoms with Crippen molar-refractivity contribution in [3.63, 3.8) is 0 Å². The van der Waals surface area contributed by atoms with E-state index in [0.29, 0.717) is 26.8 Å². The number of hydrogen-bond acceptors (Lipinski definition) is 3. The average molecular weight is 303 g/mol. The van der Waals surface area contributed by atoms with Crippen LogP contribution < -0.4 is 0 Å². The van der Waals surface area contributed by atoms with Crippen LogP contribution >= 0.6 is 34.8 Å². The lowest BCUT2D eigenvalue weighted by Crippen LogP contribution is -2.00. The molecule has 18 heavy (non-hydrogen) atoms. The van der Waals surface area contributed by atoms with Gasteiger partial charge in [0.15, 0.2) is 5.82 Å². The van der Waals surface area contributed by atoms with E-state index in [1.807, 2.05) is 13.8 Å². The van der Waals surface area contributed by atoms with Crippen LogP contribution in [0.2, 0.25) is 15.3 Å². The molecule has 6 heteroatoms. The molecular formula is C12H10Cl3N3. The van der Waals surface area contributed by atoms with Gasteiger partial charge in [-0.05, 0) is 18.1 Å². The van der Waals surface area contributed by atoms with E-state index in [1.165, 1.54) is 6.20 Å². The van der Waals surface area contributed by atoms with Crippen LogP contribution in [0.1, 0.15) is 25.3 Å². The second kappa shape index (κ2) is 5.39. The van der Waals surface area contributed by atoms with E-state index in [9.17, 15) is 0 Å². The highest BCUT2D eigenvalue weighted by molar-refractivity contribution is 6.34. The molecule has 0 fully saturated rings. The van der Waals surface area contributed by atoms with Gasteiger partial charge in [-0.15, -0.1) is 0 Å². The van der Waals surface area contributed by atoms with Crippen LogP contribution in [0.4, 0.5) is 0 Å². The van der Waals surface area contributed by atoms with Gasteiger partial charge < -0.3 is 0 Å². The maximum absolute atomic E-state index is 6.12. The van der Waals surface area contributed by atoms with E-state index in [0.717, 1.165) is 5.56 Å². The van der Waals surface area contributed by atoms with Gasteiger partial charge in [0.25, 0.3) is 0 Å². The summed E-state index contributed by atoms with van der Waals surface area (Å²) in [7, 11) is 0. The smallest absolute Gasteiger partial charge is 0.181 e. The zero-order valence-corrected chi connectivity index (χ0v) is 12.1. The third kappa shape index (κ3) is 2.74. The van der Waals surface area contributed by atoms with Crippen molar-refractivity contribution in [2.75, 3.05) is 0 Å². The lowest BCUT2D eigenvalue weighted by atomic mass is 10.1. The minimum atomic E-state index is 0.164. The highest BCUT2D eigenvalue weighted by Gasteiger charge is 2.15. The topological polar surface area (TPSA) is 38.7 Å². The third-order valence-electron chi connectivity index (χ3n) is 2.39. The van der Waals surface area contributed by atoms with Crippen LogP contribution in [0, 0.1) is 0 Å². The maximum Gasteiger partial charge on any atom is 0.181 e. The summed E-state index contributed by atoms with van der Waals surface area (Å²) < 4.78 is 0. The molecule has 2 aromatic rings. The maximum atomic E-state index is 6.12. The zero-order chi connectivity index (χ0) is 13.3. The minimum Gasteiger partial charge on any atom is -0.251 e. The Kier molecular flexibility index (Phi) is 4.05. The van der Waals surface area contributed by atoms with Gasteiger partial charge in [0.1, 0.15) is 16.0 Å². The Hall–Kier alpha value is -0.900. The Morgan fingerprint density at radius 1 is 1.00 bits per heavy atom. The predicted octanol–water partition coefficient (Wildman–Crippen LogP) is 4.62. The minimum absolute atomic E-state index is 0.164. The molecular weight excluding hydrogens is 293 g/mol. The Morgan fingerprint density at radius 2 is 1.61 bits per heavy atom. The summed E-state index contributed by atoms with van der Waals surface area (Å²) in [5.74, 6) is 0.559. The standard InChI is InChI=1S/C12H10Cl3N3/c1-6(2)9-10(14)17-12(18-11(9)15)8-4-3-7(13)5-16-8/h3-6H,1-2H3. The summed E-state index contributed by atoms with van der Waals surface area (Å²) in [5.41, 5.74) is 1.33. The van der Waals surface area contributed by atoms with Gasteiger partial charge >= 0.3 is 0 Å². The molecule has 0 atom stereocenters. The molecule has 0 aliphatic rings. The summed E-state index contributed by atoms with van der Waals surface area (Å²) in [6, 6.07) is 3.44. The Morgan fingerprint density at radius 3 is 2.06 bits per heavy atom. The average Bonchev–Trinajstić information content (AvgIpc) is 2.28. The van der Waals surface area contributed by atoms with E-state index >= 15 is 0 Å². The quantitative estimate of drug-likeness (QED) is 0.760. The van der Waals surface area contributed by atoms with E-state index < -0.39 is 0 Å². The van der Waals surface area contributed by atoms with Crippen molar-refractivity contribution in [3.8, 4) is 11.5 Å². The molecule has 0 amide bonds. The molecule has 2 aromatic heterocycles. The lowest BCUT2D eigenvalue weighted by Gasteiger charge is -2.10. The first-order valence-electron chi connectivity index (χ1n) is 5.34. The summed E-state index contributed by atoms with van der Waals surface area (Å²) >= 11 is 18.0. The number of rotatable bonds is 2. The highest BCUT2D eigenvalue weighted by Crippen LogP contribution is 2.30. The fourth-order valence-corrected chi connectivity index (χ4v) is 2.45. The van der Waals surface area contributed by atoms with Gasteiger partial charge in [-0.25, -0.2) is 9.97 Å². The van der Waals surface area contributed by atoms with Gasteiger partial charge in [0.2, 0.25) is 0 Å². The Bertz CT molecular complexity index is 544. The van der Waals surface area contributed by atoms with E-state index in [4.69, 9.17) is 34.8 Å². The van der Waals surface area contributed by atoms with Crippen molar-refractivity contribution >= 4 is 34.8 Å². The van der Waals surface area contributed by atoms with Gasteiger partial charge in [0, 0.05) is 11.8 Å². The van der Waals surface area contributed by atoms with Gasteiger partial charge in [-0.3, -0.25) is 4.98 Å². The van der Waals surface area contributed by atoms with Crippen LogP contribution in [-0.2, 0) is 0 Å². The molecule has 94 valence electrons. The highest BCUT2D eigenvalue weighted by atomic mass is 35.5. The molecule has 0 spiro atoms. The van der Waals surface area contributed by atoms with E-state index in [-0.39, 0.29) is 5.92 Å². The van der Waals surface area contributed by atoms with Crippen LogP contribution in [0.15, 0.2) is 18.3 Å². The van der Waals surface area contributed by atoms with Crippen molar-refractivity contribution in [3.05, 3.63) is 39.2 Å². The Balaban J connectivity index is 2.51. The third-order valence-corrected chi connectivity index (χ3v) is 3.19. The fourth-order valence-electron chi connectivity index (χ4n) is 1.52. The number of nitrogens with zero attached hydrogens (tertiary/aromatic N) is 3. The molecule has 0 saturated carbocycles. The van der Waals surface area contributed by atoms with Crippen LogP contribution in [0.25, 0.3) is 11.5 Å². The Labute approximate surface area is 120 Å². The SMILES string of the molecule is CC(C)c1c(Cl)nc(-c2ccc(Cl)cn2)nc1Cl. The van der Waals surface area contributed by atoms with Crippen molar-refractivity contribution in [1.29, 1.82) is 0 Å². The van der Waals surface area contributed by atoms with Crippen molar-refractivity contribution in [2.24, 2.45) is 0 Å². The lowest BCUT2D eigenvalue weighted by molar-refractivity contribution is 0.847. The first kappa shape index (κ1) is 13.5. The van der Waals surface area contributed by atoms with E-state index in [1.54, 1.807) is 12.1 Å². The molecule has 0 N–H and O–H groups in total. The van der Waals surface area contributed by atoms with Crippen molar-refractivity contribution in [2.45, 2.75) is 19.8 Å². The number of halogens is 3. The molecule has 0 aliphatic carbocycles. The number of aromatic nitrogens is 3. The summed E-state index contributed by atoms with van der Waals surface area (Å²) in [4.78, 5) is 12.6. The molecule has 0 aliphatic heterocycles. The van der Waals surface area contributed by atoms with E-state index in [2.05, 4.69) is 15.0 Å². The van der Waals surface area contributed by atoms with Crippen LogP contribution in [-0.4, -0.2) is 15.0 Å². The summed E-state index contributed by atoms with van der Waals surface area (Å²) in [6.07, 6.45) is 1.53. The molecule has 0 radical (unpaired) electrons. The molecule has 2 heterocycles. The van der Waals surface area contributed by atoms with Gasteiger partial charge in [0.05, 0.1) is 5.02 Å². The summed E-state index contributed by atoms with van der Waals surface area (Å²) in [5, 5.41) is 1.27. The molecule has 0 unspecified atom stereocenters. The fraction of sp³-hybridized carbons (Fsp3) is 0.250. The molecule has 2 rings (SSSR count). The van der Waals surface area contributed by atoms with Crippen LogP contribution in [0.3, 0.4) is 0 Å². The van der Waals surface area contributed by atoms with Gasteiger partial charge in [-0.1, -0.05) is 48.7 Å². The summed E-state index contributed by atoms with van der Waals surface area (Å²) in [6.45, 7) is 3.97. The zero-order valence-electron chi connectivity index (χ0n) is 9.78. The van der Waals surface area contributed by atoms with Gasteiger partial charge in [-0.2, -0.15) is 0 Å². The van der Waals surface area contributed by atoms with Crippen LogP contribution in [0.5, 0.6) is 0 Å². The number of pyridine rings is 1. The molecule has 0 saturated heterocycles. The number of hydrogen-bond donors (Lipinski definition) is 0. The first-order valence-corrected chi connectivity index (χ1v) is 6.47. The molecule has 0 bridgehead atoms. The second-order valence-electron chi connectivity index (χ2n) is 4.06.